The molecule has 0 heterocycles. The molecule has 1 aromatic rings. The first-order valence-electron chi connectivity index (χ1n) is 5.05. The van der Waals surface area contributed by atoms with Crippen molar-refractivity contribution in [3.05, 3.63) is 35.9 Å². The Bertz CT molecular complexity index is 298. The van der Waals surface area contributed by atoms with Gasteiger partial charge in [-0.15, -0.1) is 0 Å². The van der Waals surface area contributed by atoms with Crippen molar-refractivity contribution in [1.82, 2.24) is 5.32 Å². The van der Waals surface area contributed by atoms with Gasteiger partial charge in [-0.1, -0.05) is 30.3 Å². The van der Waals surface area contributed by atoms with Crippen LogP contribution in [0.1, 0.15) is 12.5 Å². The molecule has 0 aliphatic carbocycles. The summed E-state index contributed by atoms with van der Waals surface area (Å²) in [4.78, 5) is 11.4. The van der Waals surface area contributed by atoms with Gasteiger partial charge in [-0.05, 0) is 19.5 Å². The number of Topliss-reactive ketones (excluding diaryl/α,β-unsaturated/α-hetero) is 1. The Labute approximate surface area is 90.4 Å². The lowest BCUT2D eigenvalue weighted by molar-refractivity contribution is -0.125. The van der Waals surface area contributed by atoms with Crippen LogP contribution < -0.4 is 5.32 Å². The van der Waals surface area contributed by atoms with Crippen molar-refractivity contribution in [3.63, 3.8) is 0 Å². The lowest BCUT2D eigenvalue weighted by atomic mass is 10.2. The second kappa shape index (κ2) is 6.32. The molecular formula is C12H17NO2. The highest BCUT2D eigenvalue weighted by Crippen LogP contribution is 2.00. The Morgan fingerprint density at radius 2 is 2.07 bits per heavy atom. The number of ether oxygens (including phenoxy) is 1. The number of carbonyl (C=O) groups excluding carboxylic acids is 1. The summed E-state index contributed by atoms with van der Waals surface area (Å²) < 4.78 is 5.31. The van der Waals surface area contributed by atoms with Crippen LogP contribution in [0.15, 0.2) is 30.3 Å². The highest BCUT2D eigenvalue weighted by atomic mass is 16.5. The van der Waals surface area contributed by atoms with E-state index in [0.717, 1.165) is 5.56 Å². The SMILES string of the molecule is CN[C@@H](C)C(=O)COCc1ccccc1. The zero-order valence-corrected chi connectivity index (χ0v) is 9.19. The number of nitrogens with one attached hydrogen (secondary N) is 1. The molecule has 3 nitrogen and oxygen atoms in total. The summed E-state index contributed by atoms with van der Waals surface area (Å²) in [7, 11) is 1.76. The highest BCUT2D eigenvalue weighted by molar-refractivity contribution is 5.84. The van der Waals surface area contributed by atoms with E-state index < -0.39 is 0 Å². The lowest BCUT2D eigenvalue weighted by Gasteiger charge is -2.09. The predicted molar refractivity (Wildman–Crippen MR) is 59.6 cm³/mol. The van der Waals surface area contributed by atoms with E-state index >= 15 is 0 Å². The second-order valence-corrected chi connectivity index (χ2v) is 3.46. The number of hydrogen-bond donors (Lipinski definition) is 1. The number of benzene rings is 1. The standard InChI is InChI=1S/C12H17NO2/c1-10(13-2)12(14)9-15-8-11-6-4-3-5-7-11/h3-7,10,13H,8-9H2,1-2H3/t10-/m0/s1. The molecular weight excluding hydrogens is 190 g/mol. The van der Waals surface area contributed by atoms with Crippen molar-refractivity contribution < 1.29 is 9.53 Å². The van der Waals surface area contributed by atoms with Crippen LogP contribution in [0.3, 0.4) is 0 Å². The van der Waals surface area contributed by atoms with Crippen LogP contribution in [-0.2, 0) is 16.1 Å². The highest BCUT2D eigenvalue weighted by Gasteiger charge is 2.09. The van der Waals surface area contributed by atoms with Gasteiger partial charge < -0.3 is 10.1 Å². The fourth-order valence-corrected chi connectivity index (χ4v) is 1.13. The first-order chi connectivity index (χ1) is 7.24. The van der Waals surface area contributed by atoms with Gasteiger partial charge in [0.05, 0.1) is 12.6 Å². The van der Waals surface area contributed by atoms with Gasteiger partial charge in [0.15, 0.2) is 5.78 Å². The maximum atomic E-state index is 11.4. The summed E-state index contributed by atoms with van der Waals surface area (Å²) in [5, 5.41) is 2.88. The third-order valence-corrected chi connectivity index (χ3v) is 2.27. The molecule has 0 aromatic heterocycles. The molecule has 0 bridgehead atoms. The molecule has 3 heteroatoms. The minimum absolute atomic E-state index is 0.0773. The molecule has 0 fully saturated rings. The van der Waals surface area contributed by atoms with Crippen LogP contribution in [0.2, 0.25) is 0 Å². The van der Waals surface area contributed by atoms with Gasteiger partial charge in [0.25, 0.3) is 0 Å². The summed E-state index contributed by atoms with van der Waals surface area (Å²) in [6, 6.07) is 9.68. The summed E-state index contributed by atoms with van der Waals surface area (Å²) in [6.07, 6.45) is 0. The zero-order chi connectivity index (χ0) is 11.1. The molecule has 0 unspecified atom stereocenters. The van der Waals surface area contributed by atoms with Gasteiger partial charge in [0, 0.05) is 0 Å². The van der Waals surface area contributed by atoms with Crippen molar-refractivity contribution in [2.45, 2.75) is 19.6 Å². The minimum atomic E-state index is -0.138. The molecule has 0 aliphatic heterocycles. The average molecular weight is 207 g/mol. The van der Waals surface area contributed by atoms with E-state index in [2.05, 4.69) is 5.32 Å². The van der Waals surface area contributed by atoms with Crippen molar-refractivity contribution in [3.8, 4) is 0 Å². The van der Waals surface area contributed by atoms with E-state index in [-0.39, 0.29) is 18.4 Å². The molecule has 1 rings (SSSR count). The Balaban J connectivity index is 2.25. The first-order valence-corrected chi connectivity index (χ1v) is 5.05. The predicted octanol–water partition coefficient (Wildman–Crippen LogP) is 1.38. The third-order valence-electron chi connectivity index (χ3n) is 2.27. The molecule has 82 valence electrons. The van der Waals surface area contributed by atoms with Crippen LogP contribution in [0.4, 0.5) is 0 Å². The van der Waals surface area contributed by atoms with Crippen LogP contribution in [0, 0.1) is 0 Å². The second-order valence-electron chi connectivity index (χ2n) is 3.46. The summed E-state index contributed by atoms with van der Waals surface area (Å²) in [6.45, 7) is 2.48. The van der Waals surface area contributed by atoms with Crippen molar-refractivity contribution in [1.29, 1.82) is 0 Å². The maximum Gasteiger partial charge on any atom is 0.174 e. The van der Waals surface area contributed by atoms with E-state index in [1.54, 1.807) is 7.05 Å². The molecule has 1 atom stereocenters. The topological polar surface area (TPSA) is 38.3 Å². The van der Waals surface area contributed by atoms with Gasteiger partial charge in [-0.2, -0.15) is 0 Å². The fourth-order valence-electron chi connectivity index (χ4n) is 1.13. The number of likely N-dealkylation sites (N-methyl/N-ethyl adjacent to an activating group) is 1. The number of rotatable bonds is 6. The average Bonchev–Trinajstić information content (AvgIpc) is 2.29. The molecule has 1 aromatic carbocycles. The molecule has 0 spiro atoms. The fraction of sp³-hybridized carbons (Fsp3) is 0.417. The molecule has 0 saturated carbocycles. The molecule has 0 saturated heterocycles. The van der Waals surface area contributed by atoms with E-state index in [1.807, 2.05) is 37.3 Å². The smallest absolute Gasteiger partial charge is 0.174 e. The minimum Gasteiger partial charge on any atom is -0.369 e. The lowest BCUT2D eigenvalue weighted by Crippen LogP contribution is -2.33. The summed E-state index contributed by atoms with van der Waals surface area (Å²) in [5.74, 6) is 0.0773. The Kier molecular flexibility index (Phi) is 5.01. The van der Waals surface area contributed by atoms with Crippen LogP contribution >= 0.6 is 0 Å². The van der Waals surface area contributed by atoms with Gasteiger partial charge in [-0.25, -0.2) is 0 Å². The van der Waals surface area contributed by atoms with Gasteiger partial charge in [0.2, 0.25) is 0 Å². The van der Waals surface area contributed by atoms with Crippen molar-refractivity contribution in [2.75, 3.05) is 13.7 Å². The van der Waals surface area contributed by atoms with Gasteiger partial charge in [0.1, 0.15) is 6.61 Å². The monoisotopic (exact) mass is 207 g/mol. The summed E-state index contributed by atoms with van der Waals surface area (Å²) >= 11 is 0. The zero-order valence-electron chi connectivity index (χ0n) is 9.19. The molecule has 0 radical (unpaired) electrons. The van der Waals surface area contributed by atoms with Crippen LogP contribution in [0.25, 0.3) is 0 Å². The Hall–Kier alpha value is -1.19. The molecule has 15 heavy (non-hydrogen) atoms. The van der Waals surface area contributed by atoms with Gasteiger partial charge in [-0.3, -0.25) is 4.79 Å². The van der Waals surface area contributed by atoms with Gasteiger partial charge >= 0.3 is 0 Å². The van der Waals surface area contributed by atoms with Crippen LogP contribution in [0.5, 0.6) is 0 Å². The normalized spacial score (nSPS) is 12.4. The van der Waals surface area contributed by atoms with E-state index in [9.17, 15) is 4.79 Å². The van der Waals surface area contributed by atoms with E-state index in [0.29, 0.717) is 6.61 Å². The first kappa shape index (κ1) is 11.9. The van der Waals surface area contributed by atoms with E-state index in [1.165, 1.54) is 0 Å². The van der Waals surface area contributed by atoms with Crippen molar-refractivity contribution >= 4 is 5.78 Å². The number of hydrogen-bond acceptors (Lipinski definition) is 3. The quantitative estimate of drug-likeness (QED) is 0.766. The molecule has 0 amide bonds. The largest absolute Gasteiger partial charge is 0.369 e. The van der Waals surface area contributed by atoms with Crippen LogP contribution in [-0.4, -0.2) is 25.5 Å². The maximum absolute atomic E-state index is 11.4. The Morgan fingerprint density at radius 3 is 2.67 bits per heavy atom. The van der Waals surface area contributed by atoms with E-state index in [4.69, 9.17) is 4.74 Å². The molecule has 0 aliphatic rings. The van der Waals surface area contributed by atoms with Crippen molar-refractivity contribution in [2.24, 2.45) is 0 Å². The third kappa shape index (κ3) is 4.23. The molecule has 1 N–H and O–H groups in total. The summed E-state index contributed by atoms with van der Waals surface area (Å²) in [5.41, 5.74) is 1.09. The number of ketones is 1. The number of carbonyl (C=O) groups is 1. The Morgan fingerprint density at radius 1 is 1.40 bits per heavy atom.